The number of amides is 2. The molecule has 52 heavy (non-hydrogen) atoms. The molecule has 0 radical (unpaired) electrons. The zero-order valence-electron chi connectivity index (χ0n) is 31.4. The van der Waals surface area contributed by atoms with E-state index >= 15 is 0 Å². The normalized spacial score (nSPS) is 15.0. The molecule has 1 aromatic heterocycles. The highest BCUT2D eigenvalue weighted by Crippen LogP contribution is 2.28. The Kier molecular flexibility index (Phi) is 13.2. The number of aliphatic hydroxyl groups excluding tert-OH is 1. The second kappa shape index (κ2) is 16.9. The Labute approximate surface area is 312 Å². The van der Waals surface area contributed by atoms with Crippen molar-refractivity contribution in [2.75, 3.05) is 18.8 Å². The lowest BCUT2D eigenvalue weighted by Crippen LogP contribution is -2.61. The third-order valence-electron chi connectivity index (χ3n) is 8.94. The molecule has 0 aliphatic rings. The summed E-state index contributed by atoms with van der Waals surface area (Å²) in [6.45, 7) is 15.0. The summed E-state index contributed by atoms with van der Waals surface area (Å²) in [5, 5.41) is 21.5. The van der Waals surface area contributed by atoms with E-state index in [1.165, 1.54) is 27.8 Å². The quantitative estimate of drug-likeness (QED) is 0.106. The van der Waals surface area contributed by atoms with Gasteiger partial charge in [-0.05, 0) is 67.9 Å². The number of thiazole rings is 1. The van der Waals surface area contributed by atoms with E-state index < -0.39 is 51.1 Å². The molecule has 0 spiro atoms. The highest BCUT2D eigenvalue weighted by Gasteiger charge is 2.38. The van der Waals surface area contributed by atoms with E-state index in [4.69, 9.17) is 5.73 Å². The average molecular weight is 751 g/mol. The van der Waals surface area contributed by atoms with Gasteiger partial charge in [-0.2, -0.15) is 4.31 Å². The Morgan fingerprint density at radius 3 is 2.10 bits per heavy atom. The highest BCUT2D eigenvalue weighted by molar-refractivity contribution is 7.89. The van der Waals surface area contributed by atoms with Gasteiger partial charge in [-0.25, -0.2) is 13.4 Å². The zero-order chi connectivity index (χ0) is 38.4. The van der Waals surface area contributed by atoms with Gasteiger partial charge < -0.3 is 21.5 Å². The van der Waals surface area contributed by atoms with Crippen LogP contribution in [0.1, 0.15) is 66.5 Å². The van der Waals surface area contributed by atoms with Gasteiger partial charge in [-0.1, -0.05) is 107 Å². The van der Waals surface area contributed by atoms with Crippen molar-refractivity contribution in [3.05, 3.63) is 90.0 Å². The molecule has 4 atom stereocenters. The number of rotatable bonds is 16. The number of nitrogens with one attached hydrogen (secondary N) is 3. The van der Waals surface area contributed by atoms with Crippen molar-refractivity contribution in [2.45, 2.75) is 96.5 Å². The van der Waals surface area contributed by atoms with Crippen molar-refractivity contribution in [3.8, 4) is 0 Å². The molecular weight excluding hydrogens is 697 g/mol. The van der Waals surface area contributed by atoms with Gasteiger partial charge in [-0.3, -0.25) is 14.9 Å². The summed E-state index contributed by atoms with van der Waals surface area (Å²) in [5.41, 5.74) is 6.97. The molecule has 0 fully saturated rings. The second-order valence-electron chi connectivity index (χ2n) is 15.4. The van der Waals surface area contributed by atoms with Gasteiger partial charge in [0.1, 0.15) is 6.04 Å². The highest BCUT2D eigenvalue weighted by atomic mass is 32.2. The number of carbonyl (C=O) groups is 2. The first-order valence-electron chi connectivity index (χ1n) is 17.6. The average Bonchev–Trinajstić information content (AvgIpc) is 3.45. The van der Waals surface area contributed by atoms with Gasteiger partial charge in [0.15, 0.2) is 5.13 Å². The third kappa shape index (κ3) is 10.6. The Balaban J connectivity index is 1.58. The van der Waals surface area contributed by atoms with Crippen LogP contribution in [0.2, 0.25) is 0 Å². The number of hydrogen-bond acceptors (Lipinski definition) is 9. The molecule has 6 N–H and O–H groups in total. The van der Waals surface area contributed by atoms with E-state index in [1.54, 1.807) is 13.0 Å². The standard InChI is InChI=1S/C39H54N6O5S2/c1-25(2)23-45(52(49,50)29-19-20-33-31(22-29)42-37(40)51-33)24-32(46)30(21-27-15-11-9-12-16-27)41-36(48)34(38(4,5)6)43-35(47)26(3)44-39(7,8)28-17-13-10-14-18-28/h9-20,22,25-26,30,32,34,44,46H,21,23-24H2,1-8H3,(H2,40,42)(H,41,48)(H,43,47)/t26-,30+,32-,34-/m1/s1. The number of sulfonamides is 1. The number of nitrogen functional groups attached to an aromatic ring is 1. The predicted molar refractivity (Wildman–Crippen MR) is 209 cm³/mol. The first-order valence-corrected chi connectivity index (χ1v) is 19.9. The lowest BCUT2D eigenvalue weighted by molar-refractivity contribution is -0.133. The first-order chi connectivity index (χ1) is 24.3. The maximum Gasteiger partial charge on any atom is 0.243 e. The maximum absolute atomic E-state index is 14.2. The minimum absolute atomic E-state index is 0.0375. The number of hydrogen-bond donors (Lipinski definition) is 5. The fraction of sp³-hybridized carbons (Fsp3) is 0.462. The van der Waals surface area contributed by atoms with Crippen LogP contribution in [0.25, 0.3) is 10.2 Å². The number of fused-ring (bicyclic) bond motifs is 1. The molecule has 0 bridgehead atoms. The van der Waals surface area contributed by atoms with Crippen LogP contribution in [-0.4, -0.2) is 71.9 Å². The van der Waals surface area contributed by atoms with Crippen LogP contribution < -0.4 is 21.7 Å². The predicted octanol–water partition coefficient (Wildman–Crippen LogP) is 5.06. The molecule has 0 aliphatic carbocycles. The summed E-state index contributed by atoms with van der Waals surface area (Å²) >= 11 is 1.27. The molecule has 4 rings (SSSR count). The number of nitrogens with two attached hydrogens (primary N) is 1. The summed E-state index contributed by atoms with van der Waals surface area (Å²) in [6, 6.07) is 21.3. The summed E-state index contributed by atoms with van der Waals surface area (Å²) in [5.74, 6) is -0.904. The largest absolute Gasteiger partial charge is 0.390 e. The van der Waals surface area contributed by atoms with Crippen molar-refractivity contribution in [1.82, 2.24) is 25.2 Å². The Morgan fingerprint density at radius 1 is 0.885 bits per heavy atom. The maximum atomic E-state index is 14.2. The molecule has 4 aromatic rings. The summed E-state index contributed by atoms with van der Waals surface area (Å²) in [7, 11) is -4.09. The summed E-state index contributed by atoms with van der Waals surface area (Å²) in [4.78, 5) is 32.1. The van der Waals surface area contributed by atoms with E-state index in [2.05, 4.69) is 20.9 Å². The van der Waals surface area contributed by atoms with Crippen molar-refractivity contribution in [1.29, 1.82) is 0 Å². The van der Waals surface area contributed by atoms with Gasteiger partial charge in [-0.15, -0.1) is 0 Å². The Morgan fingerprint density at radius 2 is 1.50 bits per heavy atom. The minimum atomic E-state index is -4.09. The van der Waals surface area contributed by atoms with Crippen LogP contribution in [0.4, 0.5) is 5.13 Å². The molecule has 1 heterocycles. The Hall–Kier alpha value is -3.88. The van der Waals surface area contributed by atoms with Crippen LogP contribution >= 0.6 is 11.3 Å². The van der Waals surface area contributed by atoms with E-state index in [1.807, 2.05) is 109 Å². The lowest BCUT2D eigenvalue weighted by Gasteiger charge is -2.36. The topological polar surface area (TPSA) is 167 Å². The molecule has 0 unspecified atom stereocenters. The van der Waals surface area contributed by atoms with E-state index in [0.717, 1.165) is 15.8 Å². The van der Waals surface area contributed by atoms with Crippen molar-refractivity contribution < 1.29 is 23.1 Å². The van der Waals surface area contributed by atoms with Gasteiger partial charge >= 0.3 is 0 Å². The molecular formula is C39H54N6O5S2. The van der Waals surface area contributed by atoms with Gasteiger partial charge in [0.2, 0.25) is 21.8 Å². The van der Waals surface area contributed by atoms with Crippen LogP contribution in [0.15, 0.2) is 83.8 Å². The monoisotopic (exact) mass is 750 g/mol. The summed E-state index contributed by atoms with van der Waals surface area (Å²) < 4.78 is 30.2. The van der Waals surface area contributed by atoms with Crippen molar-refractivity contribution in [3.63, 3.8) is 0 Å². The molecule has 0 saturated heterocycles. The number of nitrogens with zero attached hydrogens (tertiary/aromatic N) is 2. The first kappa shape index (κ1) is 40.9. The minimum Gasteiger partial charge on any atom is -0.390 e. The second-order valence-corrected chi connectivity index (χ2v) is 18.4. The molecule has 0 aliphatic heterocycles. The van der Waals surface area contributed by atoms with Crippen molar-refractivity contribution >= 4 is 48.5 Å². The van der Waals surface area contributed by atoms with E-state index in [-0.39, 0.29) is 36.2 Å². The van der Waals surface area contributed by atoms with Crippen molar-refractivity contribution in [2.24, 2.45) is 11.3 Å². The molecule has 11 nitrogen and oxygen atoms in total. The number of benzene rings is 3. The van der Waals surface area contributed by atoms with Crippen LogP contribution in [-0.2, 0) is 31.6 Å². The number of aromatic nitrogens is 1. The number of carbonyl (C=O) groups excluding carboxylic acids is 2. The number of anilines is 1. The molecule has 13 heteroatoms. The fourth-order valence-corrected chi connectivity index (χ4v) is 8.51. The smallest absolute Gasteiger partial charge is 0.243 e. The molecule has 282 valence electrons. The van der Waals surface area contributed by atoms with Gasteiger partial charge in [0.25, 0.3) is 0 Å². The van der Waals surface area contributed by atoms with Crippen LogP contribution in [0, 0.1) is 11.3 Å². The zero-order valence-corrected chi connectivity index (χ0v) is 33.0. The molecule has 0 saturated carbocycles. The van der Waals surface area contributed by atoms with Gasteiger partial charge in [0, 0.05) is 18.6 Å². The molecule has 2 amide bonds. The summed E-state index contributed by atoms with van der Waals surface area (Å²) in [6.07, 6.45) is -1.08. The van der Waals surface area contributed by atoms with E-state index in [0.29, 0.717) is 10.6 Å². The van der Waals surface area contributed by atoms with E-state index in [9.17, 15) is 23.1 Å². The van der Waals surface area contributed by atoms with Crippen LogP contribution in [0.5, 0.6) is 0 Å². The van der Waals surface area contributed by atoms with Gasteiger partial charge in [0.05, 0.1) is 33.3 Å². The molecule has 3 aromatic carbocycles. The number of aliphatic hydroxyl groups is 1. The lowest BCUT2D eigenvalue weighted by atomic mass is 9.85. The Bertz CT molecular complexity index is 1910. The SMILES string of the molecule is CC(C)CN(C[C@@H](O)[C@H](Cc1ccccc1)NC(=O)[C@@H](NC(=O)[C@@H](C)NC(C)(C)c1ccccc1)C(C)(C)C)S(=O)(=O)c1ccc2sc(N)nc2c1. The van der Waals surface area contributed by atoms with Crippen LogP contribution in [0.3, 0.4) is 0 Å². The third-order valence-corrected chi connectivity index (χ3v) is 11.6. The fourth-order valence-electron chi connectivity index (χ4n) is 6.15.